The molecule has 0 saturated heterocycles. The summed E-state index contributed by atoms with van der Waals surface area (Å²) >= 11 is 12.2. The van der Waals surface area contributed by atoms with Crippen LogP contribution in [0.4, 0.5) is 10.7 Å². The van der Waals surface area contributed by atoms with Crippen LogP contribution in [0.1, 0.15) is 50.9 Å². The number of nitrogens with zero attached hydrogens (tertiary/aromatic N) is 3. The van der Waals surface area contributed by atoms with Crippen molar-refractivity contribution in [2.45, 2.75) is 65.0 Å². The summed E-state index contributed by atoms with van der Waals surface area (Å²) < 4.78 is 29.8. The molecule has 3 atom stereocenters. The number of ether oxygens (including phenoxy) is 4. The highest BCUT2D eigenvalue weighted by Crippen LogP contribution is 2.41. The zero-order valence-corrected chi connectivity index (χ0v) is 35.3. The van der Waals surface area contributed by atoms with Gasteiger partial charge in [-0.15, -0.1) is 0 Å². The fourth-order valence-corrected chi connectivity index (χ4v) is 7.51. The Morgan fingerprint density at radius 1 is 0.887 bits per heavy atom. The maximum absolute atomic E-state index is 14.1. The number of hydrogen-bond acceptors (Lipinski definition) is 10. The second-order valence-corrected chi connectivity index (χ2v) is 15.9. The first-order valence-electron chi connectivity index (χ1n) is 19.7. The molecule has 2 aliphatic rings. The van der Waals surface area contributed by atoms with Crippen molar-refractivity contribution in [3.05, 3.63) is 152 Å². The fourth-order valence-electron chi connectivity index (χ4n) is 7.19. The van der Waals surface area contributed by atoms with Gasteiger partial charge >= 0.3 is 12.0 Å². The first-order valence-corrected chi connectivity index (χ1v) is 20.5. The maximum atomic E-state index is 14.1. The number of aliphatic carboxylic acids is 1. The minimum atomic E-state index is -1.30. The number of nitrogens with one attached hydrogen (secondary N) is 2. The third-order valence-electron chi connectivity index (χ3n) is 10.7. The van der Waals surface area contributed by atoms with Gasteiger partial charge in [-0.1, -0.05) is 58.7 Å². The van der Waals surface area contributed by atoms with Crippen molar-refractivity contribution in [2.24, 2.45) is 0 Å². The fraction of sp³-hybridized carbons (Fsp3) is 0.239. The van der Waals surface area contributed by atoms with Crippen LogP contribution in [-0.4, -0.2) is 56.7 Å². The minimum absolute atomic E-state index is 0.00573. The molecule has 2 aliphatic heterocycles. The lowest BCUT2D eigenvalue weighted by Crippen LogP contribution is -2.56. The van der Waals surface area contributed by atoms with Crippen molar-refractivity contribution in [3.63, 3.8) is 0 Å². The van der Waals surface area contributed by atoms with E-state index in [1.807, 2.05) is 56.3 Å². The molecule has 0 fully saturated rings. The summed E-state index contributed by atoms with van der Waals surface area (Å²) in [5.41, 5.74) is 6.18. The molecule has 62 heavy (non-hydrogen) atoms. The molecule has 14 nitrogen and oxygen atoms in total. The Morgan fingerprint density at radius 2 is 1.63 bits per heavy atom. The second-order valence-electron chi connectivity index (χ2n) is 15.1. The number of carbonyl (C=O) groups is 3. The van der Waals surface area contributed by atoms with Gasteiger partial charge in [0.2, 0.25) is 11.8 Å². The zero-order chi connectivity index (χ0) is 43.5. The SMILES string of the molecule is Cc1cc(NC(=O)N2Cc3cc4c(cc3C[C@H]2C(=O)N[C@@H](Cc2ccc(Oc3ccnc(C)c3C)cc2)C(=O)O)OC[C@H](c2ccc(OCc3ccc(Cl)c(Cl)c3)cc2)O4)on1. The molecule has 6 aromatic rings. The quantitative estimate of drug-likeness (QED) is 0.107. The summed E-state index contributed by atoms with van der Waals surface area (Å²) in [7, 11) is 0. The number of halogens is 2. The number of benzene rings is 4. The number of carboxylic acids is 1. The van der Waals surface area contributed by atoms with Crippen molar-refractivity contribution in [2.75, 3.05) is 11.9 Å². The summed E-state index contributed by atoms with van der Waals surface area (Å²) in [5, 5.41) is 20.4. The van der Waals surface area contributed by atoms with E-state index in [1.54, 1.807) is 61.7 Å². The highest BCUT2D eigenvalue weighted by molar-refractivity contribution is 6.42. The Labute approximate surface area is 366 Å². The van der Waals surface area contributed by atoms with E-state index in [2.05, 4.69) is 20.8 Å². The van der Waals surface area contributed by atoms with Crippen molar-refractivity contribution < 1.29 is 43.0 Å². The number of pyridine rings is 1. The number of rotatable bonds is 12. The molecule has 318 valence electrons. The number of fused-ring (bicyclic) bond motifs is 2. The molecular weight excluding hydrogens is 837 g/mol. The monoisotopic (exact) mass is 877 g/mol. The molecule has 0 radical (unpaired) electrons. The van der Waals surface area contributed by atoms with Crippen LogP contribution >= 0.6 is 23.2 Å². The Bertz CT molecular complexity index is 2640. The van der Waals surface area contributed by atoms with Crippen molar-refractivity contribution in [3.8, 4) is 28.7 Å². The van der Waals surface area contributed by atoms with E-state index >= 15 is 0 Å². The number of amides is 3. The van der Waals surface area contributed by atoms with Gasteiger partial charge in [-0.3, -0.25) is 15.1 Å². The van der Waals surface area contributed by atoms with E-state index in [0.717, 1.165) is 33.5 Å². The highest BCUT2D eigenvalue weighted by Gasteiger charge is 2.38. The zero-order valence-electron chi connectivity index (χ0n) is 33.8. The normalized spacial score (nSPS) is 15.9. The van der Waals surface area contributed by atoms with Gasteiger partial charge < -0.3 is 38.8 Å². The largest absolute Gasteiger partial charge is 0.489 e. The second kappa shape index (κ2) is 18.1. The van der Waals surface area contributed by atoms with Crippen molar-refractivity contribution in [1.82, 2.24) is 20.4 Å². The number of aromatic nitrogens is 2. The summed E-state index contributed by atoms with van der Waals surface area (Å²) in [6.07, 6.45) is 1.28. The van der Waals surface area contributed by atoms with Gasteiger partial charge in [0.15, 0.2) is 17.6 Å². The van der Waals surface area contributed by atoms with E-state index < -0.39 is 36.1 Å². The van der Waals surface area contributed by atoms with Crippen LogP contribution in [0, 0.1) is 20.8 Å². The molecule has 0 spiro atoms. The van der Waals surface area contributed by atoms with Gasteiger partial charge in [0.05, 0.1) is 15.7 Å². The first kappa shape index (κ1) is 41.9. The summed E-state index contributed by atoms with van der Waals surface area (Å²) in [4.78, 5) is 46.2. The molecule has 8 rings (SSSR count). The Morgan fingerprint density at radius 3 is 2.35 bits per heavy atom. The summed E-state index contributed by atoms with van der Waals surface area (Å²) in [6, 6.07) is 23.7. The number of carbonyl (C=O) groups excluding carboxylic acids is 2. The Balaban J connectivity index is 0.964. The van der Waals surface area contributed by atoms with Gasteiger partial charge in [-0.2, -0.15) is 0 Å². The number of aryl methyl sites for hydroxylation is 2. The topological polar surface area (TPSA) is 175 Å². The van der Waals surface area contributed by atoms with Gasteiger partial charge in [-0.25, -0.2) is 9.59 Å². The van der Waals surface area contributed by atoms with Crippen LogP contribution in [0.5, 0.6) is 28.7 Å². The lowest BCUT2D eigenvalue weighted by Gasteiger charge is -2.37. The Hall–Kier alpha value is -6.77. The maximum Gasteiger partial charge on any atom is 0.326 e. The third kappa shape index (κ3) is 9.56. The predicted molar refractivity (Wildman–Crippen MR) is 229 cm³/mol. The van der Waals surface area contributed by atoms with Crippen molar-refractivity contribution in [1.29, 1.82) is 0 Å². The van der Waals surface area contributed by atoms with E-state index in [4.69, 9.17) is 46.7 Å². The lowest BCUT2D eigenvalue weighted by atomic mass is 9.92. The predicted octanol–water partition coefficient (Wildman–Crippen LogP) is 8.96. The van der Waals surface area contributed by atoms with Gasteiger partial charge in [0.25, 0.3) is 0 Å². The Kier molecular flexibility index (Phi) is 12.2. The molecule has 0 bridgehead atoms. The molecule has 16 heteroatoms. The highest BCUT2D eigenvalue weighted by atomic mass is 35.5. The molecule has 0 aliphatic carbocycles. The standard InChI is InChI=1S/C46H41Cl2N5O9/c1-25-16-43(62-52-25)51-46(57)53-22-32-21-41-40(59-24-42(61-41)30-7-11-33(12-8-30)58-23-29-6-13-35(47)36(48)17-29)20-31(32)19-38(53)44(54)50-37(45(55)56)18-28-4-9-34(10-5-28)60-39-14-15-49-27(3)26(39)2/h4-17,20-21,37-38,42H,18-19,22-24H2,1-3H3,(H,50,54)(H,51,57)(H,55,56)/t37-,38-,42+/m0/s1. The molecular formula is C46H41Cl2N5O9. The van der Waals surface area contributed by atoms with Crippen LogP contribution < -0.4 is 29.6 Å². The van der Waals surface area contributed by atoms with Crippen LogP contribution in [-0.2, 0) is 35.6 Å². The smallest absolute Gasteiger partial charge is 0.326 e. The molecule has 2 aromatic heterocycles. The third-order valence-corrected chi connectivity index (χ3v) is 11.5. The number of carboxylic acid groups (broad SMARTS) is 1. The van der Waals surface area contributed by atoms with E-state index in [-0.39, 0.29) is 31.9 Å². The molecule has 0 saturated carbocycles. The van der Waals surface area contributed by atoms with Crippen LogP contribution in [0.2, 0.25) is 10.0 Å². The average Bonchev–Trinajstić information content (AvgIpc) is 3.68. The molecule has 0 unspecified atom stereocenters. The van der Waals surface area contributed by atoms with Crippen LogP contribution in [0.3, 0.4) is 0 Å². The number of urea groups is 1. The van der Waals surface area contributed by atoms with Crippen LogP contribution in [0.15, 0.2) is 102 Å². The van der Waals surface area contributed by atoms with E-state index in [0.29, 0.717) is 56.7 Å². The lowest BCUT2D eigenvalue weighted by molar-refractivity contribution is -0.142. The van der Waals surface area contributed by atoms with Crippen molar-refractivity contribution >= 4 is 47.0 Å². The average molecular weight is 879 g/mol. The van der Waals surface area contributed by atoms with Crippen LogP contribution in [0.25, 0.3) is 0 Å². The molecule has 4 aromatic carbocycles. The molecule has 3 N–H and O–H groups in total. The molecule has 3 amide bonds. The van der Waals surface area contributed by atoms with Gasteiger partial charge in [0, 0.05) is 42.9 Å². The number of hydrogen-bond donors (Lipinski definition) is 3. The summed E-state index contributed by atoms with van der Waals surface area (Å²) in [5.74, 6) is 1.07. The van der Waals surface area contributed by atoms with Gasteiger partial charge in [0.1, 0.15) is 42.5 Å². The van der Waals surface area contributed by atoms with E-state index in [1.165, 1.54) is 4.90 Å². The van der Waals surface area contributed by atoms with Gasteiger partial charge in [-0.05, 0) is 103 Å². The number of anilines is 1. The minimum Gasteiger partial charge on any atom is -0.489 e. The van der Waals surface area contributed by atoms with E-state index in [9.17, 15) is 19.5 Å². The first-order chi connectivity index (χ1) is 29.9. The molecule has 4 heterocycles. The summed E-state index contributed by atoms with van der Waals surface area (Å²) in [6.45, 7) is 6.06.